The molecule has 240 valence electrons. The van der Waals surface area contributed by atoms with Gasteiger partial charge in [-0.05, 0) is 86.7 Å². The first-order valence-electron chi connectivity index (χ1n) is 16.2. The molecule has 2 aromatic rings. The highest BCUT2D eigenvalue weighted by Gasteiger charge is 2.54. The first-order valence-corrected chi connectivity index (χ1v) is 16.2. The Bertz CT molecular complexity index is 1440. The molecule has 3 aliphatic carbocycles. The van der Waals surface area contributed by atoms with Crippen LogP contribution in [0, 0.1) is 29.1 Å². The van der Waals surface area contributed by atoms with Gasteiger partial charge in [-0.1, -0.05) is 40.5 Å². The van der Waals surface area contributed by atoms with Crippen molar-refractivity contribution in [1.29, 1.82) is 0 Å². The van der Waals surface area contributed by atoms with Gasteiger partial charge in [-0.25, -0.2) is 9.78 Å². The molecule has 1 saturated heterocycles. The van der Waals surface area contributed by atoms with Crippen molar-refractivity contribution in [2.75, 3.05) is 13.7 Å². The van der Waals surface area contributed by atoms with Crippen LogP contribution in [-0.4, -0.2) is 64.5 Å². The molecule has 2 bridgehead atoms. The van der Waals surface area contributed by atoms with E-state index in [2.05, 4.69) is 15.3 Å². The highest BCUT2D eigenvalue weighted by atomic mass is 16.6. The maximum atomic E-state index is 13.7. The predicted molar refractivity (Wildman–Crippen MR) is 167 cm³/mol. The number of aromatic nitrogens is 2. The fraction of sp³-hybridized carbons (Fsp3) is 0.676. The van der Waals surface area contributed by atoms with E-state index in [0.717, 1.165) is 50.5 Å². The van der Waals surface area contributed by atoms with Crippen LogP contribution in [0.3, 0.4) is 0 Å². The zero-order valence-corrected chi connectivity index (χ0v) is 27.0. The van der Waals surface area contributed by atoms with Crippen LogP contribution in [0.15, 0.2) is 23.0 Å². The molecule has 4 aliphatic rings. The van der Waals surface area contributed by atoms with Crippen molar-refractivity contribution in [2.24, 2.45) is 29.1 Å². The smallest absolute Gasteiger partial charge is 0.408 e. The van der Waals surface area contributed by atoms with Gasteiger partial charge in [0.15, 0.2) is 5.78 Å². The number of H-pyrrole nitrogens is 1. The van der Waals surface area contributed by atoms with Crippen LogP contribution in [0.4, 0.5) is 4.79 Å². The van der Waals surface area contributed by atoms with Crippen LogP contribution >= 0.6 is 0 Å². The number of carbonyl (C=O) groups is 3. The fourth-order valence-electron chi connectivity index (χ4n) is 7.68. The van der Waals surface area contributed by atoms with Crippen LogP contribution in [0.2, 0.25) is 0 Å². The van der Waals surface area contributed by atoms with E-state index in [1.165, 1.54) is 6.92 Å². The van der Waals surface area contributed by atoms with Crippen molar-refractivity contribution in [2.45, 2.75) is 104 Å². The van der Waals surface area contributed by atoms with Gasteiger partial charge in [0.25, 0.3) is 5.56 Å². The minimum Gasteiger partial charge on any atom is -0.497 e. The molecular weight excluding hydrogens is 560 g/mol. The number of aryl methyl sites for hydroxylation is 1. The van der Waals surface area contributed by atoms with E-state index < -0.39 is 23.6 Å². The number of fused-ring (bicyclic) bond motifs is 2. The first kappa shape index (κ1) is 32.0. The molecule has 10 heteroatoms. The number of unbranched alkanes of at least 4 members (excludes halogenated alkanes) is 2. The van der Waals surface area contributed by atoms with Crippen LogP contribution in [0.5, 0.6) is 5.75 Å². The monoisotopic (exact) mass is 608 g/mol. The molecule has 2 unspecified atom stereocenters. The van der Waals surface area contributed by atoms with Gasteiger partial charge in [0.05, 0.1) is 24.2 Å². The van der Waals surface area contributed by atoms with Crippen molar-refractivity contribution in [3.05, 3.63) is 34.2 Å². The largest absolute Gasteiger partial charge is 0.497 e. The lowest BCUT2D eigenvalue weighted by Gasteiger charge is -2.36. The van der Waals surface area contributed by atoms with Gasteiger partial charge in [0.1, 0.15) is 23.6 Å². The summed E-state index contributed by atoms with van der Waals surface area (Å²) in [5.74, 6) is 1.80. The third-order valence-corrected chi connectivity index (χ3v) is 10.1. The number of ether oxygens (including phenoxy) is 2. The summed E-state index contributed by atoms with van der Waals surface area (Å²) in [7, 11) is 1.59. The Balaban J connectivity index is 1.13. The van der Waals surface area contributed by atoms with Gasteiger partial charge in [0, 0.05) is 12.6 Å². The highest BCUT2D eigenvalue weighted by molar-refractivity contribution is 5.92. The predicted octanol–water partition coefficient (Wildman–Crippen LogP) is 5.03. The van der Waals surface area contributed by atoms with E-state index in [4.69, 9.17) is 9.47 Å². The lowest BCUT2D eigenvalue weighted by molar-refractivity contribution is -0.141. The summed E-state index contributed by atoms with van der Waals surface area (Å²) in [6, 6.07) is 4.23. The second kappa shape index (κ2) is 12.9. The average molecular weight is 609 g/mol. The van der Waals surface area contributed by atoms with Crippen molar-refractivity contribution in [1.82, 2.24) is 20.2 Å². The fourth-order valence-corrected chi connectivity index (χ4v) is 7.68. The molecule has 44 heavy (non-hydrogen) atoms. The number of methoxy groups -OCH3 is 1. The van der Waals surface area contributed by atoms with E-state index in [0.29, 0.717) is 47.7 Å². The summed E-state index contributed by atoms with van der Waals surface area (Å²) >= 11 is 0. The molecule has 1 aromatic carbocycles. The van der Waals surface area contributed by atoms with E-state index in [9.17, 15) is 19.2 Å². The number of likely N-dealkylation sites (tertiary alicyclic amines) is 1. The minimum absolute atomic E-state index is 0.0199. The summed E-state index contributed by atoms with van der Waals surface area (Å²) in [4.78, 5) is 60.9. The molecule has 1 aliphatic heterocycles. The Morgan fingerprint density at radius 2 is 1.89 bits per heavy atom. The summed E-state index contributed by atoms with van der Waals surface area (Å²) in [5.41, 5.74) is 1.25. The summed E-state index contributed by atoms with van der Waals surface area (Å²) < 4.78 is 11.3. The molecule has 0 radical (unpaired) electrons. The molecule has 2 heterocycles. The lowest BCUT2D eigenvalue weighted by Crippen LogP contribution is -2.57. The standard InChI is InChI=1S/C34H48N4O6/c1-19-14-15-38(28(19)20(2)39)32(41)30(34(3,4)5)37-33(42)44-29-22-16-21(17-22)24(29)10-8-7-9-11-26-31(40)36-27-18-23(43-6)12-13-25(27)35-26/h12-13,18-19,21-22,24,28-30H,7-11,14-17H2,1-6H3,(H,36,40)(H,37,42)/t19-,21?,22?,24-,28+,29?,30?/m1/s1. The topological polar surface area (TPSA) is 131 Å². The zero-order chi connectivity index (χ0) is 31.8. The number of nitrogens with zero attached hydrogens (tertiary/aromatic N) is 2. The third kappa shape index (κ3) is 6.64. The number of Topliss-reactive ketones (excluding diaryl/α,β-unsaturated/α-hetero) is 1. The van der Waals surface area contributed by atoms with Gasteiger partial charge in [-0.2, -0.15) is 0 Å². The zero-order valence-electron chi connectivity index (χ0n) is 27.0. The maximum absolute atomic E-state index is 13.7. The molecule has 5 atom stereocenters. The number of carbonyl (C=O) groups excluding carboxylic acids is 3. The number of benzene rings is 1. The average Bonchev–Trinajstić information content (AvgIpc) is 3.59. The quantitative estimate of drug-likeness (QED) is 0.342. The van der Waals surface area contributed by atoms with Crippen molar-refractivity contribution >= 4 is 28.8 Å². The number of hydrogen-bond donors (Lipinski definition) is 2. The van der Waals surface area contributed by atoms with E-state index in [-0.39, 0.29) is 29.3 Å². The molecule has 10 nitrogen and oxygen atoms in total. The number of alkyl carbamates (subject to hydrolysis) is 1. The Labute approximate surface area is 259 Å². The normalized spacial score (nSPS) is 26.7. The van der Waals surface area contributed by atoms with Crippen LogP contribution < -0.4 is 15.6 Å². The second-order valence-corrected chi connectivity index (χ2v) is 14.3. The van der Waals surface area contributed by atoms with Gasteiger partial charge in [0.2, 0.25) is 5.91 Å². The molecule has 2 amide bonds. The minimum atomic E-state index is -0.786. The molecule has 1 aromatic heterocycles. The molecular formula is C34H48N4O6. The van der Waals surface area contributed by atoms with E-state index in [1.54, 1.807) is 18.1 Å². The van der Waals surface area contributed by atoms with Crippen LogP contribution in [0.25, 0.3) is 11.0 Å². The number of ketones is 1. The number of nitrogens with one attached hydrogen (secondary N) is 2. The molecule has 6 rings (SSSR count). The van der Waals surface area contributed by atoms with Crippen molar-refractivity contribution < 1.29 is 23.9 Å². The van der Waals surface area contributed by atoms with Crippen molar-refractivity contribution in [3.8, 4) is 5.75 Å². The Hall–Kier alpha value is -3.43. The molecule has 2 N–H and O–H groups in total. The van der Waals surface area contributed by atoms with Gasteiger partial charge < -0.3 is 24.7 Å². The van der Waals surface area contributed by atoms with Crippen molar-refractivity contribution in [3.63, 3.8) is 0 Å². The molecule has 0 spiro atoms. The first-order chi connectivity index (χ1) is 20.9. The van der Waals surface area contributed by atoms with Gasteiger partial charge in [-0.15, -0.1) is 0 Å². The molecule has 3 saturated carbocycles. The molecule has 4 fully saturated rings. The summed E-state index contributed by atoms with van der Waals surface area (Å²) in [6.45, 7) is 9.81. The summed E-state index contributed by atoms with van der Waals surface area (Å²) in [6.07, 6.45) is 6.62. The number of rotatable bonds is 11. The van der Waals surface area contributed by atoms with E-state index >= 15 is 0 Å². The Kier molecular flexibility index (Phi) is 9.37. The van der Waals surface area contributed by atoms with E-state index in [1.807, 2.05) is 39.8 Å². The lowest BCUT2D eigenvalue weighted by atomic mass is 9.81. The third-order valence-electron chi connectivity index (χ3n) is 10.1. The van der Waals surface area contributed by atoms with Gasteiger partial charge in [-0.3, -0.25) is 14.4 Å². The van der Waals surface area contributed by atoms with Crippen LogP contribution in [-0.2, 0) is 20.7 Å². The highest BCUT2D eigenvalue weighted by Crippen LogP contribution is 2.55. The Morgan fingerprint density at radius 1 is 1.14 bits per heavy atom. The SMILES string of the molecule is COc1ccc2nc(CCCCC[C@@H]3C4CC(C4)C3OC(=O)NC(C(=O)N3CC[C@@H](C)[C@H]3C(C)=O)C(C)(C)C)c(=O)[nH]c2c1. The number of amides is 2. The number of hydrogen-bond acceptors (Lipinski definition) is 7. The second-order valence-electron chi connectivity index (χ2n) is 14.3. The Morgan fingerprint density at radius 3 is 2.57 bits per heavy atom. The van der Waals surface area contributed by atoms with Gasteiger partial charge >= 0.3 is 6.09 Å². The summed E-state index contributed by atoms with van der Waals surface area (Å²) in [5, 5.41) is 2.90. The number of aromatic amines is 1. The van der Waals surface area contributed by atoms with Crippen LogP contribution in [0.1, 0.15) is 85.3 Å². The maximum Gasteiger partial charge on any atom is 0.408 e.